The molecule has 0 heterocycles. The van der Waals surface area contributed by atoms with Crippen LogP contribution in [0.2, 0.25) is 0 Å². The topological polar surface area (TPSA) is 47.6 Å². The third-order valence-electron chi connectivity index (χ3n) is 3.41. The van der Waals surface area contributed by atoms with Crippen LogP contribution in [0, 0.1) is 22.7 Å². The molecule has 0 aliphatic rings. The van der Waals surface area contributed by atoms with Crippen LogP contribution < -0.4 is 0 Å². The average molecular weight is 254 g/mol. The Morgan fingerprint density at radius 3 is 2.40 bits per heavy atom. The molecule has 0 saturated carbocycles. The Balaban J connectivity index is 2.43. The van der Waals surface area contributed by atoms with Gasteiger partial charge in [-0.2, -0.15) is 10.5 Å². The average Bonchev–Trinajstić information content (AvgIpc) is 2.52. The normalized spacial score (nSPS) is 11.2. The van der Waals surface area contributed by atoms with Gasteiger partial charge in [-0.25, -0.2) is 0 Å². The molecule has 0 atom stereocenters. The van der Waals surface area contributed by atoms with Crippen LogP contribution in [-0.4, -0.2) is 0 Å². The molecule has 3 aromatic carbocycles. The standard InChI is InChI=1S/C18H10N2/c19-11-10-14(12-20)16-6-3-7-17-15-5-2-1-4-13(15)8-9-18(16)17/h1-10H/b14-10-. The van der Waals surface area contributed by atoms with E-state index in [9.17, 15) is 5.26 Å². The third kappa shape index (κ3) is 1.81. The molecule has 3 rings (SSSR count). The number of rotatable bonds is 1. The van der Waals surface area contributed by atoms with Crippen LogP contribution in [0.3, 0.4) is 0 Å². The van der Waals surface area contributed by atoms with E-state index in [0.717, 1.165) is 21.7 Å². The van der Waals surface area contributed by atoms with Crippen molar-refractivity contribution in [1.29, 1.82) is 10.5 Å². The van der Waals surface area contributed by atoms with E-state index in [2.05, 4.69) is 18.2 Å². The maximum Gasteiger partial charge on any atom is 0.101 e. The molecule has 2 nitrogen and oxygen atoms in total. The molecule has 0 saturated heterocycles. The predicted octanol–water partition coefficient (Wildman–Crippen LogP) is 4.42. The molecule has 0 unspecified atom stereocenters. The summed E-state index contributed by atoms with van der Waals surface area (Å²) >= 11 is 0. The molecule has 0 amide bonds. The highest BCUT2D eigenvalue weighted by atomic mass is 14.3. The van der Waals surface area contributed by atoms with E-state index in [-0.39, 0.29) is 0 Å². The van der Waals surface area contributed by atoms with Crippen LogP contribution in [0.4, 0.5) is 0 Å². The largest absolute Gasteiger partial charge is 0.193 e. The van der Waals surface area contributed by atoms with E-state index >= 15 is 0 Å². The summed E-state index contributed by atoms with van der Waals surface area (Å²) in [5, 5.41) is 22.4. The van der Waals surface area contributed by atoms with Crippen LogP contribution >= 0.6 is 0 Å². The smallest absolute Gasteiger partial charge is 0.101 e. The Morgan fingerprint density at radius 1 is 0.800 bits per heavy atom. The lowest BCUT2D eigenvalue weighted by molar-refractivity contribution is 1.51. The number of hydrogen-bond acceptors (Lipinski definition) is 2. The minimum Gasteiger partial charge on any atom is -0.193 e. The fourth-order valence-electron chi connectivity index (χ4n) is 2.51. The highest BCUT2D eigenvalue weighted by Crippen LogP contribution is 2.30. The van der Waals surface area contributed by atoms with Gasteiger partial charge in [0.15, 0.2) is 0 Å². The molecule has 0 fully saturated rings. The van der Waals surface area contributed by atoms with E-state index in [1.54, 1.807) is 0 Å². The molecule has 0 aliphatic carbocycles. The summed E-state index contributed by atoms with van der Waals surface area (Å²) in [5.74, 6) is 0. The van der Waals surface area contributed by atoms with E-state index < -0.39 is 0 Å². The zero-order valence-corrected chi connectivity index (χ0v) is 10.7. The molecule has 20 heavy (non-hydrogen) atoms. The van der Waals surface area contributed by atoms with Crippen molar-refractivity contribution >= 4 is 27.1 Å². The van der Waals surface area contributed by atoms with Gasteiger partial charge in [0.1, 0.15) is 6.07 Å². The van der Waals surface area contributed by atoms with Crippen LogP contribution in [0.15, 0.2) is 60.7 Å². The second-order valence-corrected chi connectivity index (χ2v) is 4.49. The van der Waals surface area contributed by atoms with Gasteiger partial charge in [0.2, 0.25) is 0 Å². The molecule has 2 heteroatoms. The minimum absolute atomic E-state index is 0.397. The lowest BCUT2D eigenvalue weighted by Crippen LogP contribution is -1.86. The highest BCUT2D eigenvalue weighted by molar-refractivity contribution is 6.11. The molecule has 0 aromatic heterocycles. The van der Waals surface area contributed by atoms with Gasteiger partial charge in [-0.15, -0.1) is 0 Å². The molecule has 0 spiro atoms. The van der Waals surface area contributed by atoms with Gasteiger partial charge in [0.25, 0.3) is 0 Å². The van der Waals surface area contributed by atoms with Gasteiger partial charge in [-0.1, -0.05) is 54.6 Å². The Hall–Kier alpha value is -3.10. The summed E-state index contributed by atoms with van der Waals surface area (Å²) in [6, 6.07) is 22.1. The van der Waals surface area contributed by atoms with Crippen molar-refractivity contribution in [3.8, 4) is 12.1 Å². The van der Waals surface area contributed by atoms with Crippen molar-refractivity contribution in [1.82, 2.24) is 0 Å². The fraction of sp³-hybridized carbons (Fsp3) is 0. The number of hydrogen-bond donors (Lipinski definition) is 0. The number of allylic oxidation sites excluding steroid dienone is 2. The lowest BCUT2D eigenvalue weighted by Gasteiger charge is -2.08. The molecular weight excluding hydrogens is 244 g/mol. The number of nitrogens with zero attached hydrogens (tertiary/aromatic N) is 2. The second kappa shape index (κ2) is 4.88. The second-order valence-electron chi connectivity index (χ2n) is 4.49. The number of benzene rings is 3. The monoisotopic (exact) mass is 254 g/mol. The molecule has 3 aromatic rings. The first kappa shape index (κ1) is 12.0. The molecule has 92 valence electrons. The molecule has 0 bridgehead atoms. The van der Waals surface area contributed by atoms with Gasteiger partial charge in [0.05, 0.1) is 11.6 Å². The summed E-state index contributed by atoms with van der Waals surface area (Å²) < 4.78 is 0. The van der Waals surface area contributed by atoms with E-state index in [1.807, 2.05) is 48.5 Å². The van der Waals surface area contributed by atoms with Crippen LogP contribution in [0.1, 0.15) is 5.56 Å². The first-order valence-corrected chi connectivity index (χ1v) is 6.26. The van der Waals surface area contributed by atoms with Gasteiger partial charge in [-0.05, 0) is 21.5 Å². The van der Waals surface area contributed by atoms with Gasteiger partial charge in [-0.3, -0.25) is 0 Å². The molecule has 0 N–H and O–H groups in total. The first-order valence-electron chi connectivity index (χ1n) is 6.26. The zero-order valence-electron chi connectivity index (χ0n) is 10.7. The summed E-state index contributed by atoms with van der Waals surface area (Å²) in [6.07, 6.45) is 1.30. The van der Waals surface area contributed by atoms with Crippen molar-refractivity contribution in [2.45, 2.75) is 0 Å². The van der Waals surface area contributed by atoms with Gasteiger partial charge >= 0.3 is 0 Å². The van der Waals surface area contributed by atoms with Crippen molar-refractivity contribution < 1.29 is 0 Å². The molecule has 0 radical (unpaired) electrons. The van der Waals surface area contributed by atoms with Crippen LogP contribution in [0.5, 0.6) is 0 Å². The van der Waals surface area contributed by atoms with E-state index in [1.165, 1.54) is 11.5 Å². The highest BCUT2D eigenvalue weighted by Gasteiger charge is 2.07. The SMILES string of the molecule is N#C/C=C(/C#N)c1cccc2c1ccc1ccccc12. The maximum absolute atomic E-state index is 9.21. The Labute approximate surface area is 116 Å². The summed E-state index contributed by atoms with van der Waals surface area (Å²) in [5.41, 5.74) is 1.20. The first-order chi connectivity index (χ1) is 9.85. The number of nitriles is 2. The third-order valence-corrected chi connectivity index (χ3v) is 3.41. The Morgan fingerprint density at radius 2 is 1.60 bits per heavy atom. The van der Waals surface area contributed by atoms with E-state index in [0.29, 0.717) is 5.57 Å². The minimum atomic E-state index is 0.397. The van der Waals surface area contributed by atoms with Crippen LogP contribution in [-0.2, 0) is 0 Å². The lowest BCUT2D eigenvalue weighted by atomic mass is 9.95. The van der Waals surface area contributed by atoms with Crippen molar-refractivity contribution in [3.05, 3.63) is 66.2 Å². The van der Waals surface area contributed by atoms with Gasteiger partial charge in [0, 0.05) is 11.6 Å². The van der Waals surface area contributed by atoms with Crippen molar-refractivity contribution in [3.63, 3.8) is 0 Å². The molecular formula is C18H10N2. The molecule has 0 aliphatic heterocycles. The predicted molar refractivity (Wildman–Crippen MR) is 80.7 cm³/mol. The van der Waals surface area contributed by atoms with Crippen molar-refractivity contribution in [2.75, 3.05) is 0 Å². The zero-order chi connectivity index (χ0) is 13.9. The summed E-state index contributed by atoms with van der Waals surface area (Å²) in [4.78, 5) is 0. The summed E-state index contributed by atoms with van der Waals surface area (Å²) in [7, 11) is 0. The quantitative estimate of drug-likeness (QED) is 0.476. The Bertz CT molecular complexity index is 921. The Kier molecular flexibility index (Phi) is 2.92. The maximum atomic E-state index is 9.21. The van der Waals surface area contributed by atoms with Crippen LogP contribution in [0.25, 0.3) is 27.1 Å². The van der Waals surface area contributed by atoms with Gasteiger partial charge < -0.3 is 0 Å². The number of fused-ring (bicyclic) bond motifs is 3. The van der Waals surface area contributed by atoms with E-state index in [4.69, 9.17) is 5.26 Å². The fourth-order valence-corrected chi connectivity index (χ4v) is 2.51. The summed E-state index contributed by atoms with van der Waals surface area (Å²) in [6.45, 7) is 0. The van der Waals surface area contributed by atoms with Crippen molar-refractivity contribution in [2.24, 2.45) is 0 Å².